The summed E-state index contributed by atoms with van der Waals surface area (Å²) in [7, 11) is 3.86. The third kappa shape index (κ3) is 2.69. The summed E-state index contributed by atoms with van der Waals surface area (Å²) < 4.78 is 0. The van der Waals surface area contributed by atoms with E-state index in [0.717, 1.165) is 5.84 Å². The summed E-state index contributed by atoms with van der Waals surface area (Å²) in [6, 6.07) is 0. The minimum atomic E-state index is 0.931. The van der Waals surface area contributed by atoms with Gasteiger partial charge in [0, 0.05) is 14.1 Å². The summed E-state index contributed by atoms with van der Waals surface area (Å²) >= 11 is 4.51. The van der Waals surface area contributed by atoms with E-state index < -0.39 is 0 Å². The van der Waals surface area contributed by atoms with Crippen LogP contribution in [0.15, 0.2) is 4.99 Å². The van der Waals surface area contributed by atoms with E-state index in [0.29, 0.717) is 0 Å². The minimum absolute atomic E-state index is 0.931. The lowest BCUT2D eigenvalue weighted by atomic mass is 10.6. The molecule has 0 rings (SSSR count). The Morgan fingerprint density at radius 1 is 1.62 bits per heavy atom. The van der Waals surface area contributed by atoms with Crippen LogP contribution in [0.3, 0.4) is 0 Å². The fraction of sp³-hybridized carbons (Fsp3) is 0.600. The molecule has 0 saturated heterocycles. The summed E-state index contributed by atoms with van der Waals surface area (Å²) in [5, 5.41) is 0. The first kappa shape index (κ1) is 7.56. The van der Waals surface area contributed by atoms with Crippen molar-refractivity contribution in [3.8, 4) is 0 Å². The van der Waals surface area contributed by atoms with Crippen LogP contribution in [0.2, 0.25) is 0 Å². The first-order chi connectivity index (χ1) is 3.68. The molecule has 0 fully saturated rings. The largest absolute Gasteiger partial charge is 0.366 e. The third-order valence-electron chi connectivity index (χ3n) is 0.887. The van der Waals surface area contributed by atoms with Gasteiger partial charge < -0.3 is 4.90 Å². The second-order valence-corrected chi connectivity index (χ2v) is 1.89. The van der Waals surface area contributed by atoms with E-state index >= 15 is 0 Å². The van der Waals surface area contributed by atoms with Crippen LogP contribution in [0.4, 0.5) is 0 Å². The Morgan fingerprint density at radius 2 is 2.12 bits per heavy atom. The fourth-order valence-corrected chi connectivity index (χ4v) is 0.344. The molecule has 0 unspecified atom stereocenters. The molecule has 0 aliphatic heterocycles. The van der Waals surface area contributed by atoms with E-state index in [2.05, 4.69) is 17.2 Å². The Labute approximate surface area is 55.2 Å². The number of nitrogens with zero attached hydrogens (tertiary/aromatic N) is 2. The topological polar surface area (TPSA) is 15.6 Å². The van der Waals surface area contributed by atoms with Crippen LogP contribution in [0, 0.1) is 0 Å². The van der Waals surface area contributed by atoms with Gasteiger partial charge in [-0.25, -0.2) is 4.99 Å². The van der Waals surface area contributed by atoms with Gasteiger partial charge in [0.1, 0.15) is 5.84 Å². The molecule has 0 saturated carbocycles. The standard InChI is InChI=1S/C5H10N2S/c1-5(6-4-8)7(2)3/h4H,1-3H3. The molecule has 46 valence electrons. The average Bonchev–Trinajstić information content (AvgIpc) is 1.67. The highest BCUT2D eigenvalue weighted by atomic mass is 32.1. The van der Waals surface area contributed by atoms with Gasteiger partial charge in [-0.2, -0.15) is 0 Å². The molecule has 0 spiro atoms. The minimum Gasteiger partial charge on any atom is -0.366 e. The highest BCUT2D eigenvalue weighted by Gasteiger charge is 1.86. The second-order valence-electron chi connectivity index (χ2n) is 1.68. The lowest BCUT2D eigenvalue weighted by Gasteiger charge is -2.08. The first-order valence-corrected chi connectivity index (χ1v) is 2.81. The molecule has 0 heterocycles. The van der Waals surface area contributed by atoms with Crippen LogP contribution < -0.4 is 0 Å². The molecule has 0 radical (unpaired) electrons. The number of hydrogen-bond donors (Lipinski definition) is 0. The average molecular weight is 130 g/mol. The molecule has 0 aromatic heterocycles. The van der Waals surface area contributed by atoms with E-state index in [9.17, 15) is 0 Å². The SMILES string of the molecule is CC(=NC=S)N(C)C. The van der Waals surface area contributed by atoms with E-state index in [4.69, 9.17) is 0 Å². The second kappa shape index (κ2) is 3.55. The number of amidine groups is 1. The monoisotopic (exact) mass is 130 g/mol. The third-order valence-corrected chi connectivity index (χ3v) is 0.992. The summed E-state index contributed by atoms with van der Waals surface area (Å²) in [6.45, 7) is 1.91. The van der Waals surface area contributed by atoms with Crippen molar-refractivity contribution in [2.24, 2.45) is 4.99 Å². The summed E-state index contributed by atoms with van der Waals surface area (Å²) in [6.07, 6.45) is 0. The molecular formula is C5H10N2S. The van der Waals surface area contributed by atoms with Crippen molar-refractivity contribution in [1.82, 2.24) is 4.90 Å². The van der Waals surface area contributed by atoms with Crippen molar-refractivity contribution in [1.29, 1.82) is 0 Å². The maximum absolute atomic E-state index is 4.51. The van der Waals surface area contributed by atoms with Crippen LogP contribution in [-0.2, 0) is 0 Å². The predicted molar refractivity (Wildman–Crippen MR) is 40.5 cm³/mol. The smallest absolute Gasteiger partial charge is 0.101 e. The van der Waals surface area contributed by atoms with Crippen LogP contribution >= 0.6 is 12.2 Å². The normalized spacial score (nSPS) is 11.1. The molecule has 0 bridgehead atoms. The zero-order valence-corrected chi connectivity index (χ0v) is 6.20. The van der Waals surface area contributed by atoms with Gasteiger partial charge in [-0.05, 0) is 6.92 Å². The van der Waals surface area contributed by atoms with Crippen LogP contribution in [-0.4, -0.2) is 30.3 Å². The van der Waals surface area contributed by atoms with Crippen molar-refractivity contribution in [2.45, 2.75) is 6.92 Å². The van der Waals surface area contributed by atoms with Crippen LogP contribution in [0.5, 0.6) is 0 Å². The van der Waals surface area contributed by atoms with Gasteiger partial charge in [-0.3, -0.25) is 0 Å². The van der Waals surface area contributed by atoms with Crippen molar-refractivity contribution < 1.29 is 0 Å². The fourth-order valence-electron chi connectivity index (χ4n) is 0.192. The van der Waals surface area contributed by atoms with Crippen molar-refractivity contribution in [2.75, 3.05) is 14.1 Å². The maximum Gasteiger partial charge on any atom is 0.101 e. The molecule has 2 nitrogen and oxygen atoms in total. The van der Waals surface area contributed by atoms with Crippen LogP contribution in [0.1, 0.15) is 6.92 Å². The van der Waals surface area contributed by atoms with Gasteiger partial charge in [0.25, 0.3) is 0 Å². The van der Waals surface area contributed by atoms with E-state index in [1.54, 1.807) is 0 Å². The number of thiocarbonyl (C=S) groups is 1. The molecule has 0 aromatic rings. The molecular weight excluding hydrogens is 120 g/mol. The molecule has 0 aliphatic rings. The number of rotatable bonds is 1. The Hall–Kier alpha value is -0.440. The lowest BCUT2D eigenvalue weighted by Crippen LogP contribution is -2.18. The van der Waals surface area contributed by atoms with Crippen LogP contribution in [0.25, 0.3) is 0 Å². The predicted octanol–water partition coefficient (Wildman–Crippen LogP) is 0.924. The molecule has 0 aliphatic carbocycles. The summed E-state index contributed by atoms with van der Waals surface area (Å²) in [5.74, 6) is 0.931. The Morgan fingerprint density at radius 3 is 2.25 bits per heavy atom. The quantitative estimate of drug-likeness (QED) is 0.298. The molecule has 0 amide bonds. The van der Waals surface area contributed by atoms with Crippen molar-refractivity contribution in [3.63, 3.8) is 0 Å². The lowest BCUT2D eigenvalue weighted by molar-refractivity contribution is 0.620. The van der Waals surface area contributed by atoms with Crippen molar-refractivity contribution in [3.05, 3.63) is 0 Å². The molecule has 0 N–H and O–H groups in total. The Balaban J connectivity index is 3.78. The van der Waals surface area contributed by atoms with E-state index in [1.165, 1.54) is 5.49 Å². The summed E-state index contributed by atoms with van der Waals surface area (Å²) in [4.78, 5) is 5.76. The molecule has 0 aromatic carbocycles. The Bertz CT molecular complexity index is 107. The zero-order valence-electron chi connectivity index (χ0n) is 5.38. The van der Waals surface area contributed by atoms with Gasteiger partial charge in [0.15, 0.2) is 0 Å². The van der Waals surface area contributed by atoms with Gasteiger partial charge in [0.05, 0.1) is 5.49 Å². The maximum atomic E-state index is 4.51. The molecule has 3 heteroatoms. The molecule has 0 atom stereocenters. The number of aliphatic imine (C=N–C) groups is 1. The van der Waals surface area contributed by atoms with Gasteiger partial charge >= 0.3 is 0 Å². The van der Waals surface area contributed by atoms with Gasteiger partial charge in [-0.15, -0.1) is 0 Å². The van der Waals surface area contributed by atoms with Crippen molar-refractivity contribution >= 4 is 23.5 Å². The van der Waals surface area contributed by atoms with Gasteiger partial charge in [-0.1, -0.05) is 12.2 Å². The zero-order chi connectivity index (χ0) is 6.57. The first-order valence-electron chi connectivity index (χ1n) is 2.34. The molecule has 8 heavy (non-hydrogen) atoms. The Kier molecular flexibility index (Phi) is 3.35. The van der Waals surface area contributed by atoms with E-state index in [-0.39, 0.29) is 0 Å². The number of hydrogen-bond acceptors (Lipinski definition) is 1. The summed E-state index contributed by atoms with van der Waals surface area (Å²) in [5.41, 5.74) is 1.37. The highest BCUT2D eigenvalue weighted by molar-refractivity contribution is 7.78. The van der Waals surface area contributed by atoms with Gasteiger partial charge in [0.2, 0.25) is 0 Å². The highest BCUT2D eigenvalue weighted by Crippen LogP contribution is 1.78. The van der Waals surface area contributed by atoms with E-state index in [1.807, 2.05) is 25.9 Å².